The average molecular weight is 378 g/mol. The molecule has 0 radical (unpaired) electrons. The summed E-state index contributed by atoms with van der Waals surface area (Å²) in [5.41, 5.74) is 0. The van der Waals surface area contributed by atoms with Gasteiger partial charge in [0.2, 0.25) is 0 Å². The van der Waals surface area contributed by atoms with Crippen LogP contribution in [0.25, 0.3) is 0 Å². The number of benzene rings is 3. The van der Waals surface area contributed by atoms with Crippen molar-refractivity contribution >= 4 is 29.0 Å². The van der Waals surface area contributed by atoms with Crippen molar-refractivity contribution in [1.29, 1.82) is 0 Å². The Morgan fingerprint density at radius 2 is 1.15 bits per heavy atom. The van der Waals surface area contributed by atoms with E-state index in [4.69, 9.17) is 0 Å². The predicted molar refractivity (Wildman–Crippen MR) is 117 cm³/mol. The topological polar surface area (TPSA) is 37.3 Å². The zero-order valence-electron chi connectivity index (χ0n) is 15.7. The van der Waals surface area contributed by atoms with Gasteiger partial charge in [0.15, 0.2) is 0 Å². The van der Waals surface area contributed by atoms with E-state index in [0.717, 1.165) is 0 Å². The molecule has 0 aliphatic carbocycles. The van der Waals surface area contributed by atoms with E-state index in [0.29, 0.717) is 12.6 Å². The third kappa shape index (κ3) is 4.18. The standard InChI is InChI=1S/C24H27O2P/c1-20(17-18-25)24(26)19-27(21-11-5-2-6-12-21,22-13-7-3-8-14-22)23-15-9-4-10-16-23/h2-16,20,25,27H,17-19H2,1H3. The summed E-state index contributed by atoms with van der Waals surface area (Å²) in [5, 5.41) is 13.0. The molecule has 1 atom stereocenters. The van der Waals surface area contributed by atoms with Gasteiger partial charge in [0, 0.05) is 0 Å². The van der Waals surface area contributed by atoms with Crippen LogP contribution in [-0.4, -0.2) is 23.7 Å². The number of hydrogen-bond acceptors (Lipinski definition) is 2. The third-order valence-electron chi connectivity index (χ3n) is 5.35. The molecule has 3 aromatic rings. The second-order valence-electron chi connectivity index (χ2n) is 7.06. The molecule has 3 rings (SSSR count). The Morgan fingerprint density at radius 1 is 0.778 bits per heavy atom. The summed E-state index contributed by atoms with van der Waals surface area (Å²) in [5.74, 6) is 0.0882. The first kappa shape index (κ1) is 19.5. The van der Waals surface area contributed by atoms with E-state index in [2.05, 4.69) is 72.8 Å². The van der Waals surface area contributed by atoms with Crippen molar-refractivity contribution in [2.24, 2.45) is 5.92 Å². The molecule has 3 aromatic carbocycles. The van der Waals surface area contributed by atoms with Gasteiger partial charge in [-0.3, -0.25) is 0 Å². The van der Waals surface area contributed by atoms with E-state index < -0.39 is 7.26 Å². The molecule has 27 heavy (non-hydrogen) atoms. The zero-order valence-corrected chi connectivity index (χ0v) is 16.7. The molecule has 0 bridgehead atoms. The van der Waals surface area contributed by atoms with Crippen molar-refractivity contribution in [1.82, 2.24) is 0 Å². The van der Waals surface area contributed by atoms with Gasteiger partial charge in [-0.2, -0.15) is 0 Å². The van der Waals surface area contributed by atoms with Gasteiger partial charge in [-0.15, -0.1) is 0 Å². The zero-order chi connectivity index (χ0) is 19.1. The van der Waals surface area contributed by atoms with Gasteiger partial charge in [0.05, 0.1) is 0 Å². The summed E-state index contributed by atoms with van der Waals surface area (Å²) in [6.07, 6.45) is 1.02. The van der Waals surface area contributed by atoms with Crippen LogP contribution in [0.15, 0.2) is 91.0 Å². The quantitative estimate of drug-likeness (QED) is 0.611. The maximum atomic E-state index is 13.2. The summed E-state index contributed by atoms with van der Waals surface area (Å²) < 4.78 is 0. The molecule has 0 aliphatic rings. The molecule has 0 aromatic heterocycles. The first-order chi connectivity index (χ1) is 13.2. The second kappa shape index (κ2) is 9.08. The van der Waals surface area contributed by atoms with Crippen molar-refractivity contribution in [2.75, 3.05) is 12.8 Å². The number of carbonyl (C=O) groups is 1. The molecule has 0 saturated heterocycles. The Hall–Kier alpha value is -2.28. The molecule has 0 heterocycles. The van der Waals surface area contributed by atoms with Crippen LogP contribution in [0, 0.1) is 5.92 Å². The minimum atomic E-state index is -2.51. The molecule has 2 nitrogen and oxygen atoms in total. The number of carbonyl (C=O) groups excluding carboxylic acids is 1. The Bertz CT molecular complexity index is 751. The first-order valence-electron chi connectivity index (χ1n) is 9.48. The molecular formula is C24H27O2P. The fourth-order valence-electron chi connectivity index (χ4n) is 3.76. The van der Waals surface area contributed by atoms with Gasteiger partial charge in [0.1, 0.15) is 0 Å². The van der Waals surface area contributed by atoms with Gasteiger partial charge in [-0.05, 0) is 0 Å². The van der Waals surface area contributed by atoms with Crippen molar-refractivity contribution < 1.29 is 9.90 Å². The van der Waals surface area contributed by atoms with Crippen LogP contribution < -0.4 is 15.9 Å². The van der Waals surface area contributed by atoms with E-state index in [1.165, 1.54) is 15.9 Å². The summed E-state index contributed by atoms with van der Waals surface area (Å²) in [6.45, 7) is 1.97. The fourth-order valence-corrected chi connectivity index (χ4v) is 8.53. The monoisotopic (exact) mass is 378 g/mol. The Kier molecular flexibility index (Phi) is 6.55. The van der Waals surface area contributed by atoms with E-state index in [-0.39, 0.29) is 18.3 Å². The van der Waals surface area contributed by atoms with Gasteiger partial charge in [-0.25, -0.2) is 0 Å². The normalized spacial score (nSPS) is 13.1. The number of aliphatic hydroxyl groups excluding tert-OH is 1. The van der Waals surface area contributed by atoms with E-state index >= 15 is 0 Å². The van der Waals surface area contributed by atoms with E-state index in [1.54, 1.807) is 0 Å². The molecule has 0 fully saturated rings. The third-order valence-corrected chi connectivity index (χ3v) is 10.2. The number of ketones is 1. The van der Waals surface area contributed by atoms with Crippen molar-refractivity contribution in [3.63, 3.8) is 0 Å². The number of hydrogen-bond donors (Lipinski definition) is 1. The Balaban J connectivity index is 2.21. The minimum absolute atomic E-state index is 0.0451. The van der Waals surface area contributed by atoms with Crippen LogP contribution >= 0.6 is 7.26 Å². The summed E-state index contributed by atoms with van der Waals surface area (Å²) in [4.78, 5) is 13.2. The number of aliphatic hydroxyl groups is 1. The van der Waals surface area contributed by atoms with Crippen molar-refractivity contribution in [3.8, 4) is 0 Å². The van der Waals surface area contributed by atoms with Crippen molar-refractivity contribution in [2.45, 2.75) is 13.3 Å². The van der Waals surface area contributed by atoms with Gasteiger partial charge in [-0.1, -0.05) is 0 Å². The molecule has 1 N–H and O–H groups in total. The summed E-state index contributed by atoms with van der Waals surface area (Å²) in [6, 6.07) is 31.4. The van der Waals surface area contributed by atoms with Gasteiger partial charge < -0.3 is 0 Å². The summed E-state index contributed by atoms with van der Waals surface area (Å²) in [7, 11) is -2.51. The fraction of sp³-hybridized carbons (Fsp3) is 0.208. The molecule has 0 saturated carbocycles. The van der Waals surface area contributed by atoms with Crippen LogP contribution in [0.5, 0.6) is 0 Å². The molecule has 140 valence electrons. The first-order valence-corrected chi connectivity index (χ1v) is 11.7. The predicted octanol–water partition coefficient (Wildman–Crippen LogP) is 3.30. The van der Waals surface area contributed by atoms with Crippen LogP contribution in [0.3, 0.4) is 0 Å². The molecule has 1 unspecified atom stereocenters. The van der Waals surface area contributed by atoms with Crippen LogP contribution in [0.4, 0.5) is 0 Å². The van der Waals surface area contributed by atoms with E-state index in [1.807, 2.05) is 25.1 Å². The van der Waals surface area contributed by atoms with Gasteiger partial charge in [0.25, 0.3) is 0 Å². The molecule has 0 aliphatic heterocycles. The molecule has 0 amide bonds. The van der Waals surface area contributed by atoms with E-state index in [9.17, 15) is 9.90 Å². The SMILES string of the molecule is CC(CCO)C(=O)C[PH](c1ccccc1)(c1ccccc1)c1ccccc1. The van der Waals surface area contributed by atoms with Crippen molar-refractivity contribution in [3.05, 3.63) is 91.0 Å². The Morgan fingerprint density at radius 3 is 1.48 bits per heavy atom. The number of Topliss-reactive ketones (excluding diaryl/α,β-unsaturated/α-hetero) is 1. The van der Waals surface area contributed by atoms with Crippen LogP contribution in [0.2, 0.25) is 0 Å². The van der Waals surface area contributed by atoms with Crippen LogP contribution in [-0.2, 0) is 4.79 Å². The maximum absolute atomic E-state index is 13.2. The van der Waals surface area contributed by atoms with Crippen LogP contribution in [0.1, 0.15) is 13.3 Å². The Labute approximate surface area is 162 Å². The average Bonchev–Trinajstić information content (AvgIpc) is 2.74. The molecule has 0 spiro atoms. The molecular weight excluding hydrogens is 351 g/mol. The number of rotatable bonds is 8. The van der Waals surface area contributed by atoms with Gasteiger partial charge >= 0.3 is 162 Å². The second-order valence-corrected chi connectivity index (χ2v) is 11.0. The summed E-state index contributed by atoms with van der Waals surface area (Å²) >= 11 is 0. The molecule has 3 heteroatoms.